The molecule has 0 aromatic heterocycles. The van der Waals surface area contributed by atoms with E-state index in [-0.39, 0.29) is 11.9 Å². The molecule has 130 valence electrons. The van der Waals surface area contributed by atoms with E-state index in [1.54, 1.807) is 11.8 Å². The summed E-state index contributed by atoms with van der Waals surface area (Å²) in [6.07, 6.45) is 2.08. The maximum atomic E-state index is 12.3. The van der Waals surface area contributed by atoms with E-state index in [4.69, 9.17) is 11.6 Å². The maximum Gasteiger partial charge on any atom is 0.318 e. The van der Waals surface area contributed by atoms with Crippen LogP contribution in [0.4, 0.5) is 10.5 Å². The van der Waals surface area contributed by atoms with Crippen molar-refractivity contribution in [2.24, 2.45) is 0 Å². The van der Waals surface area contributed by atoms with Crippen molar-refractivity contribution >= 4 is 29.2 Å². The molecule has 0 spiro atoms. The fourth-order valence-corrected chi connectivity index (χ4v) is 2.92. The third kappa shape index (κ3) is 4.32. The van der Waals surface area contributed by atoms with Crippen LogP contribution in [-0.4, -0.2) is 55.1 Å². The Morgan fingerprint density at radius 3 is 2.54 bits per heavy atom. The minimum absolute atomic E-state index is 0.108. The lowest BCUT2D eigenvalue weighted by molar-refractivity contribution is -0.122. The van der Waals surface area contributed by atoms with Gasteiger partial charge in [0.05, 0.1) is 0 Å². The van der Waals surface area contributed by atoms with Crippen LogP contribution in [-0.2, 0) is 4.79 Å². The van der Waals surface area contributed by atoms with E-state index >= 15 is 0 Å². The average molecular weight is 351 g/mol. The number of piperazine rings is 1. The predicted molar refractivity (Wildman–Crippen MR) is 94.4 cm³/mol. The van der Waals surface area contributed by atoms with Crippen molar-refractivity contribution < 1.29 is 9.59 Å². The highest BCUT2D eigenvalue weighted by molar-refractivity contribution is 6.30. The standard InChI is InChI=1S/C17H23ClN4O2/c1-12(16(23)20-14-5-6-14)19-17(24)22-9-7-21(8-10-22)15-4-2-3-13(18)11-15/h2-4,11-12,14H,5-10H2,1H3,(H,19,24)(H,20,23)/t12-/m1/s1. The molecular formula is C17H23ClN4O2. The number of nitrogens with one attached hydrogen (secondary N) is 2. The Hall–Kier alpha value is -1.95. The van der Waals surface area contributed by atoms with Gasteiger partial charge in [-0.2, -0.15) is 0 Å². The Labute approximate surface area is 147 Å². The predicted octanol–water partition coefficient (Wildman–Crippen LogP) is 1.84. The molecule has 1 saturated heterocycles. The summed E-state index contributed by atoms with van der Waals surface area (Å²) < 4.78 is 0. The van der Waals surface area contributed by atoms with Crippen LogP contribution in [0.1, 0.15) is 19.8 Å². The molecule has 1 atom stereocenters. The highest BCUT2D eigenvalue weighted by atomic mass is 35.5. The van der Waals surface area contributed by atoms with Gasteiger partial charge >= 0.3 is 6.03 Å². The van der Waals surface area contributed by atoms with Crippen LogP contribution in [0.2, 0.25) is 5.02 Å². The second-order valence-corrected chi connectivity index (χ2v) is 6.84. The number of urea groups is 1. The van der Waals surface area contributed by atoms with Gasteiger partial charge in [-0.05, 0) is 38.0 Å². The van der Waals surface area contributed by atoms with Gasteiger partial charge in [0, 0.05) is 42.9 Å². The maximum absolute atomic E-state index is 12.3. The van der Waals surface area contributed by atoms with E-state index in [2.05, 4.69) is 15.5 Å². The molecule has 3 rings (SSSR count). The first-order valence-electron chi connectivity index (χ1n) is 8.39. The van der Waals surface area contributed by atoms with Gasteiger partial charge in [-0.3, -0.25) is 4.79 Å². The third-order valence-electron chi connectivity index (χ3n) is 4.40. The summed E-state index contributed by atoms with van der Waals surface area (Å²) in [5, 5.41) is 6.40. The van der Waals surface area contributed by atoms with Crippen LogP contribution in [0.5, 0.6) is 0 Å². The van der Waals surface area contributed by atoms with Gasteiger partial charge in [0.1, 0.15) is 6.04 Å². The van der Waals surface area contributed by atoms with Crippen molar-refractivity contribution in [3.05, 3.63) is 29.3 Å². The number of hydrogen-bond donors (Lipinski definition) is 2. The van der Waals surface area contributed by atoms with Crippen LogP contribution < -0.4 is 15.5 Å². The largest absolute Gasteiger partial charge is 0.368 e. The van der Waals surface area contributed by atoms with Crippen molar-refractivity contribution in [2.75, 3.05) is 31.1 Å². The molecule has 2 N–H and O–H groups in total. The van der Waals surface area contributed by atoms with E-state index in [1.165, 1.54) is 0 Å². The lowest BCUT2D eigenvalue weighted by atomic mass is 10.2. The number of halogens is 1. The van der Waals surface area contributed by atoms with Crippen LogP contribution in [0.3, 0.4) is 0 Å². The quantitative estimate of drug-likeness (QED) is 0.870. The van der Waals surface area contributed by atoms with Gasteiger partial charge in [0.15, 0.2) is 0 Å². The zero-order valence-corrected chi connectivity index (χ0v) is 14.6. The van der Waals surface area contributed by atoms with E-state index in [1.807, 2.05) is 24.3 Å². The lowest BCUT2D eigenvalue weighted by Crippen LogP contribution is -2.55. The van der Waals surface area contributed by atoms with Crippen molar-refractivity contribution in [1.82, 2.24) is 15.5 Å². The SMILES string of the molecule is C[C@@H](NC(=O)N1CCN(c2cccc(Cl)c2)CC1)C(=O)NC1CC1. The lowest BCUT2D eigenvalue weighted by Gasteiger charge is -2.36. The van der Waals surface area contributed by atoms with Crippen molar-refractivity contribution in [3.8, 4) is 0 Å². The smallest absolute Gasteiger partial charge is 0.318 e. The highest BCUT2D eigenvalue weighted by Gasteiger charge is 2.28. The van der Waals surface area contributed by atoms with Gasteiger partial charge in [-0.25, -0.2) is 4.79 Å². The topological polar surface area (TPSA) is 64.7 Å². The highest BCUT2D eigenvalue weighted by Crippen LogP contribution is 2.21. The van der Waals surface area contributed by atoms with Crippen LogP contribution in [0.15, 0.2) is 24.3 Å². The molecule has 0 radical (unpaired) electrons. The zero-order valence-electron chi connectivity index (χ0n) is 13.8. The van der Waals surface area contributed by atoms with Crippen molar-refractivity contribution in [2.45, 2.75) is 31.8 Å². The normalized spacial score (nSPS) is 18.9. The number of carbonyl (C=O) groups excluding carboxylic acids is 2. The van der Waals surface area contributed by atoms with Crippen LogP contribution in [0.25, 0.3) is 0 Å². The molecule has 24 heavy (non-hydrogen) atoms. The molecule has 6 nitrogen and oxygen atoms in total. The number of hydrogen-bond acceptors (Lipinski definition) is 3. The fourth-order valence-electron chi connectivity index (χ4n) is 2.74. The second kappa shape index (κ2) is 7.30. The van der Waals surface area contributed by atoms with Gasteiger partial charge in [-0.1, -0.05) is 17.7 Å². The van der Waals surface area contributed by atoms with Crippen LogP contribution in [0, 0.1) is 0 Å². The fraction of sp³-hybridized carbons (Fsp3) is 0.529. The molecular weight excluding hydrogens is 328 g/mol. The van der Waals surface area contributed by atoms with Gasteiger partial charge in [-0.15, -0.1) is 0 Å². The molecule has 1 aromatic carbocycles. The van der Waals surface area contributed by atoms with Crippen molar-refractivity contribution in [3.63, 3.8) is 0 Å². The molecule has 1 heterocycles. The second-order valence-electron chi connectivity index (χ2n) is 6.41. The van der Waals surface area contributed by atoms with Crippen molar-refractivity contribution in [1.29, 1.82) is 0 Å². The molecule has 3 amide bonds. The Bertz CT molecular complexity index is 612. The summed E-state index contributed by atoms with van der Waals surface area (Å²) in [5.74, 6) is -0.108. The number of anilines is 1. The summed E-state index contributed by atoms with van der Waals surface area (Å²) in [4.78, 5) is 28.2. The monoisotopic (exact) mass is 350 g/mol. The third-order valence-corrected chi connectivity index (χ3v) is 4.63. The summed E-state index contributed by atoms with van der Waals surface area (Å²) in [7, 11) is 0. The molecule has 1 aliphatic carbocycles. The van der Waals surface area contributed by atoms with E-state index in [9.17, 15) is 9.59 Å². The summed E-state index contributed by atoms with van der Waals surface area (Å²) in [5.41, 5.74) is 1.07. The minimum Gasteiger partial charge on any atom is -0.368 e. The average Bonchev–Trinajstić information content (AvgIpc) is 3.39. The molecule has 2 fully saturated rings. The Kier molecular flexibility index (Phi) is 5.14. The summed E-state index contributed by atoms with van der Waals surface area (Å²) in [6.45, 7) is 4.45. The first-order chi connectivity index (χ1) is 11.5. The first-order valence-corrected chi connectivity index (χ1v) is 8.77. The first kappa shape index (κ1) is 16.9. The molecule has 1 saturated carbocycles. The van der Waals surface area contributed by atoms with Gasteiger partial charge in [0.2, 0.25) is 5.91 Å². The molecule has 7 heteroatoms. The van der Waals surface area contributed by atoms with Crippen LogP contribution >= 0.6 is 11.6 Å². The molecule has 0 bridgehead atoms. The number of rotatable bonds is 4. The Balaban J connectivity index is 1.47. The molecule has 2 aliphatic rings. The summed E-state index contributed by atoms with van der Waals surface area (Å²) >= 11 is 6.03. The summed E-state index contributed by atoms with van der Waals surface area (Å²) in [6, 6.07) is 7.34. The number of carbonyl (C=O) groups is 2. The van der Waals surface area contributed by atoms with E-state index in [0.717, 1.165) is 31.6 Å². The zero-order chi connectivity index (χ0) is 17.1. The van der Waals surface area contributed by atoms with E-state index < -0.39 is 6.04 Å². The Morgan fingerprint density at radius 1 is 1.21 bits per heavy atom. The Morgan fingerprint density at radius 2 is 1.92 bits per heavy atom. The number of nitrogens with zero attached hydrogens (tertiary/aromatic N) is 2. The molecule has 1 aromatic rings. The van der Waals surface area contributed by atoms with Gasteiger partial charge < -0.3 is 20.4 Å². The van der Waals surface area contributed by atoms with E-state index in [0.29, 0.717) is 24.2 Å². The number of amides is 3. The number of benzene rings is 1. The van der Waals surface area contributed by atoms with Gasteiger partial charge in [0.25, 0.3) is 0 Å². The minimum atomic E-state index is -0.510. The molecule has 0 unspecified atom stereocenters. The molecule has 1 aliphatic heterocycles.